The van der Waals surface area contributed by atoms with Crippen LogP contribution >= 0.6 is 22.6 Å². The summed E-state index contributed by atoms with van der Waals surface area (Å²) in [4.78, 5) is 24.3. The fourth-order valence-corrected chi connectivity index (χ4v) is 2.49. The smallest absolute Gasteiger partial charge is 0.339 e. The summed E-state index contributed by atoms with van der Waals surface area (Å²) in [5.41, 5.74) is 0.960. The molecule has 6 heteroatoms. The Morgan fingerprint density at radius 3 is 2.43 bits per heavy atom. The van der Waals surface area contributed by atoms with E-state index in [1.807, 2.05) is 28.7 Å². The van der Waals surface area contributed by atoms with Crippen LogP contribution in [0.25, 0.3) is 0 Å². The Hall–Kier alpha value is -2.09. The fourth-order valence-electron chi connectivity index (χ4n) is 1.89. The number of methoxy groups -OCH3 is 1. The van der Waals surface area contributed by atoms with Gasteiger partial charge in [-0.2, -0.15) is 0 Å². The van der Waals surface area contributed by atoms with Gasteiger partial charge in [0.2, 0.25) is 0 Å². The molecule has 5 nitrogen and oxygen atoms in total. The number of halogens is 1. The first-order chi connectivity index (χ1) is 11.0. The maximum Gasteiger partial charge on any atom is 0.339 e. The SMILES string of the molecule is COc1ccccc1NC(=O)[C@@H](C)OC(=O)c1ccccc1I. The molecule has 0 radical (unpaired) electrons. The monoisotopic (exact) mass is 425 g/mol. The number of hydrogen-bond acceptors (Lipinski definition) is 4. The van der Waals surface area contributed by atoms with E-state index >= 15 is 0 Å². The lowest BCUT2D eigenvalue weighted by Gasteiger charge is -2.15. The zero-order chi connectivity index (χ0) is 16.8. The van der Waals surface area contributed by atoms with E-state index in [4.69, 9.17) is 9.47 Å². The van der Waals surface area contributed by atoms with Crippen molar-refractivity contribution in [3.8, 4) is 5.75 Å². The van der Waals surface area contributed by atoms with Crippen molar-refractivity contribution in [3.05, 3.63) is 57.7 Å². The maximum absolute atomic E-state index is 12.2. The number of benzene rings is 2. The number of hydrogen-bond donors (Lipinski definition) is 1. The molecular formula is C17H16INO4. The highest BCUT2D eigenvalue weighted by molar-refractivity contribution is 14.1. The first kappa shape index (κ1) is 17.3. The van der Waals surface area contributed by atoms with E-state index in [0.29, 0.717) is 17.0 Å². The van der Waals surface area contributed by atoms with Gasteiger partial charge in [-0.3, -0.25) is 4.79 Å². The van der Waals surface area contributed by atoms with Crippen molar-refractivity contribution < 1.29 is 19.1 Å². The Kier molecular flexibility index (Phi) is 5.97. The Morgan fingerprint density at radius 1 is 1.09 bits per heavy atom. The highest BCUT2D eigenvalue weighted by Gasteiger charge is 2.21. The van der Waals surface area contributed by atoms with Gasteiger partial charge in [0.1, 0.15) is 5.75 Å². The molecule has 0 saturated heterocycles. The summed E-state index contributed by atoms with van der Waals surface area (Å²) in [6.45, 7) is 1.53. The van der Waals surface area contributed by atoms with Crippen LogP contribution in [0.15, 0.2) is 48.5 Å². The second-order valence-electron chi connectivity index (χ2n) is 4.72. The topological polar surface area (TPSA) is 64.6 Å². The predicted octanol–water partition coefficient (Wildman–Crippen LogP) is 3.48. The van der Waals surface area contributed by atoms with Crippen molar-refractivity contribution >= 4 is 40.2 Å². The molecule has 2 aromatic rings. The predicted molar refractivity (Wildman–Crippen MR) is 95.7 cm³/mol. The average Bonchev–Trinajstić information content (AvgIpc) is 2.55. The minimum absolute atomic E-state index is 0.422. The van der Waals surface area contributed by atoms with Gasteiger partial charge in [-0.15, -0.1) is 0 Å². The number of anilines is 1. The molecule has 0 unspecified atom stereocenters. The second-order valence-corrected chi connectivity index (χ2v) is 5.88. The summed E-state index contributed by atoms with van der Waals surface area (Å²) in [6.07, 6.45) is -0.927. The number of esters is 1. The lowest BCUT2D eigenvalue weighted by Crippen LogP contribution is -2.30. The van der Waals surface area contributed by atoms with Crippen LogP contribution in [-0.2, 0) is 9.53 Å². The standard InChI is InChI=1S/C17H16INO4/c1-11(23-17(21)12-7-3-4-8-13(12)18)16(20)19-14-9-5-6-10-15(14)22-2/h3-11H,1-2H3,(H,19,20)/t11-/m1/s1. The summed E-state index contributed by atoms with van der Waals surface area (Å²) < 4.78 is 11.2. The number of ether oxygens (including phenoxy) is 2. The van der Waals surface area contributed by atoms with Crippen LogP contribution < -0.4 is 10.1 Å². The van der Waals surface area contributed by atoms with Gasteiger partial charge in [0.15, 0.2) is 6.10 Å². The summed E-state index contributed by atoms with van der Waals surface area (Å²) >= 11 is 2.05. The molecule has 0 saturated carbocycles. The van der Waals surface area contributed by atoms with Crippen molar-refractivity contribution in [2.75, 3.05) is 12.4 Å². The van der Waals surface area contributed by atoms with Crippen LogP contribution in [0, 0.1) is 3.57 Å². The van der Waals surface area contributed by atoms with Gasteiger partial charge in [0.25, 0.3) is 5.91 Å². The lowest BCUT2D eigenvalue weighted by atomic mass is 10.2. The molecule has 1 atom stereocenters. The number of amides is 1. The van der Waals surface area contributed by atoms with E-state index in [0.717, 1.165) is 3.57 Å². The van der Waals surface area contributed by atoms with Gasteiger partial charge < -0.3 is 14.8 Å². The highest BCUT2D eigenvalue weighted by atomic mass is 127. The minimum atomic E-state index is -0.927. The van der Waals surface area contributed by atoms with E-state index < -0.39 is 18.0 Å². The molecule has 2 rings (SSSR count). The molecule has 1 amide bonds. The van der Waals surface area contributed by atoms with E-state index in [9.17, 15) is 9.59 Å². The molecule has 0 aliphatic carbocycles. The van der Waals surface area contributed by atoms with E-state index in [1.165, 1.54) is 14.0 Å². The van der Waals surface area contributed by atoms with E-state index in [2.05, 4.69) is 5.32 Å². The van der Waals surface area contributed by atoms with Crippen molar-refractivity contribution in [1.29, 1.82) is 0 Å². The number of carbonyl (C=O) groups excluding carboxylic acids is 2. The van der Waals surface area contributed by atoms with Crippen LogP contribution in [0.4, 0.5) is 5.69 Å². The van der Waals surface area contributed by atoms with Crippen LogP contribution in [0.1, 0.15) is 17.3 Å². The fraction of sp³-hybridized carbons (Fsp3) is 0.176. The van der Waals surface area contributed by atoms with E-state index in [1.54, 1.807) is 42.5 Å². The van der Waals surface area contributed by atoms with Crippen molar-refractivity contribution in [2.45, 2.75) is 13.0 Å². The molecule has 0 spiro atoms. The second kappa shape index (κ2) is 7.96. The average molecular weight is 425 g/mol. The molecule has 0 heterocycles. The van der Waals surface area contributed by atoms with Gasteiger partial charge in [-0.1, -0.05) is 24.3 Å². The zero-order valence-electron chi connectivity index (χ0n) is 12.7. The first-order valence-corrected chi connectivity index (χ1v) is 8.00. The molecule has 0 fully saturated rings. The number of para-hydroxylation sites is 2. The number of rotatable bonds is 5. The largest absolute Gasteiger partial charge is 0.495 e. The molecule has 0 bridgehead atoms. The van der Waals surface area contributed by atoms with E-state index in [-0.39, 0.29) is 0 Å². The molecular weight excluding hydrogens is 409 g/mol. The third kappa shape index (κ3) is 4.44. The third-order valence-electron chi connectivity index (χ3n) is 3.11. The first-order valence-electron chi connectivity index (χ1n) is 6.92. The van der Waals surface area contributed by atoms with Gasteiger partial charge in [-0.05, 0) is 53.8 Å². The van der Waals surface area contributed by atoms with Gasteiger partial charge >= 0.3 is 5.97 Å². The van der Waals surface area contributed by atoms with Crippen molar-refractivity contribution in [2.24, 2.45) is 0 Å². The molecule has 0 aliphatic heterocycles. The summed E-state index contributed by atoms with van der Waals surface area (Å²) in [5, 5.41) is 2.69. The Bertz CT molecular complexity index is 717. The normalized spacial score (nSPS) is 11.4. The molecule has 2 aromatic carbocycles. The maximum atomic E-state index is 12.2. The Morgan fingerprint density at radius 2 is 1.74 bits per heavy atom. The van der Waals surface area contributed by atoms with Gasteiger partial charge in [-0.25, -0.2) is 4.79 Å². The van der Waals surface area contributed by atoms with Crippen LogP contribution in [0.3, 0.4) is 0 Å². The molecule has 0 aromatic heterocycles. The van der Waals surface area contributed by atoms with Crippen LogP contribution in [-0.4, -0.2) is 25.1 Å². The lowest BCUT2D eigenvalue weighted by molar-refractivity contribution is -0.123. The van der Waals surface area contributed by atoms with Gasteiger partial charge in [0.05, 0.1) is 18.4 Å². The van der Waals surface area contributed by atoms with Crippen LogP contribution in [0.5, 0.6) is 5.75 Å². The van der Waals surface area contributed by atoms with Crippen molar-refractivity contribution in [1.82, 2.24) is 0 Å². The molecule has 0 aliphatic rings. The quantitative estimate of drug-likeness (QED) is 0.589. The zero-order valence-corrected chi connectivity index (χ0v) is 14.9. The highest BCUT2D eigenvalue weighted by Crippen LogP contribution is 2.23. The molecule has 23 heavy (non-hydrogen) atoms. The number of nitrogens with one attached hydrogen (secondary N) is 1. The molecule has 1 N–H and O–H groups in total. The summed E-state index contributed by atoms with van der Waals surface area (Å²) in [5.74, 6) is -0.413. The Labute approximate surface area is 148 Å². The third-order valence-corrected chi connectivity index (χ3v) is 4.05. The number of carbonyl (C=O) groups is 2. The van der Waals surface area contributed by atoms with Gasteiger partial charge in [0, 0.05) is 3.57 Å². The van der Waals surface area contributed by atoms with Crippen LogP contribution in [0.2, 0.25) is 0 Å². The molecule has 120 valence electrons. The summed E-state index contributed by atoms with van der Waals surface area (Å²) in [6, 6.07) is 14.1. The van der Waals surface area contributed by atoms with Crippen molar-refractivity contribution in [3.63, 3.8) is 0 Å². The Balaban J connectivity index is 2.03. The summed E-state index contributed by atoms with van der Waals surface area (Å²) in [7, 11) is 1.52. The minimum Gasteiger partial charge on any atom is -0.495 e.